The highest BCUT2D eigenvalue weighted by Gasteiger charge is 2.21. The van der Waals surface area contributed by atoms with Crippen molar-refractivity contribution in [3.63, 3.8) is 0 Å². The zero-order chi connectivity index (χ0) is 21.2. The Labute approximate surface area is 179 Å². The molecule has 0 saturated heterocycles. The van der Waals surface area contributed by atoms with Crippen molar-refractivity contribution < 1.29 is 13.2 Å². The molecule has 0 atom stereocenters. The van der Waals surface area contributed by atoms with E-state index in [1.807, 2.05) is 19.9 Å². The van der Waals surface area contributed by atoms with Gasteiger partial charge in [-0.2, -0.15) is 0 Å². The number of sulfonamides is 1. The number of carbonyl (C=O) groups excluding carboxylic acids is 1. The van der Waals surface area contributed by atoms with E-state index in [1.54, 1.807) is 36.4 Å². The molecule has 1 amide bonds. The standard InChI is InChI=1S/C21H18Cl2N2O3S/c1-13-4-3-5-19(14(13)2)25-29(27,28)20-12-15(6-11-18(20)23)21(26)24-17-9-7-16(22)8-10-17/h3-12,25H,1-2H3,(H,24,26). The summed E-state index contributed by atoms with van der Waals surface area (Å²) >= 11 is 12.0. The molecular weight excluding hydrogens is 431 g/mol. The number of benzene rings is 3. The fraction of sp³-hybridized carbons (Fsp3) is 0.0952. The lowest BCUT2D eigenvalue weighted by atomic mass is 10.1. The summed E-state index contributed by atoms with van der Waals surface area (Å²) in [4.78, 5) is 12.4. The van der Waals surface area contributed by atoms with E-state index >= 15 is 0 Å². The molecule has 0 saturated carbocycles. The van der Waals surface area contributed by atoms with Crippen LogP contribution < -0.4 is 10.0 Å². The molecule has 0 spiro atoms. The van der Waals surface area contributed by atoms with E-state index < -0.39 is 15.9 Å². The van der Waals surface area contributed by atoms with E-state index in [4.69, 9.17) is 23.2 Å². The molecule has 29 heavy (non-hydrogen) atoms. The summed E-state index contributed by atoms with van der Waals surface area (Å²) in [5.74, 6) is -0.466. The molecule has 0 fully saturated rings. The summed E-state index contributed by atoms with van der Waals surface area (Å²) in [7, 11) is -4.00. The Morgan fingerprint density at radius 2 is 1.62 bits per heavy atom. The Morgan fingerprint density at radius 1 is 0.931 bits per heavy atom. The van der Waals surface area contributed by atoms with E-state index in [0.29, 0.717) is 16.4 Å². The molecule has 0 heterocycles. The molecule has 0 aliphatic heterocycles. The van der Waals surface area contributed by atoms with Crippen LogP contribution in [0.25, 0.3) is 0 Å². The van der Waals surface area contributed by atoms with Crippen molar-refractivity contribution >= 4 is 50.5 Å². The van der Waals surface area contributed by atoms with Crippen LogP contribution in [0.3, 0.4) is 0 Å². The van der Waals surface area contributed by atoms with Crippen LogP contribution in [-0.2, 0) is 10.0 Å². The maximum absolute atomic E-state index is 12.9. The van der Waals surface area contributed by atoms with Crippen LogP contribution in [0.5, 0.6) is 0 Å². The van der Waals surface area contributed by atoms with E-state index in [1.165, 1.54) is 18.2 Å². The lowest BCUT2D eigenvalue weighted by Gasteiger charge is -2.14. The lowest BCUT2D eigenvalue weighted by molar-refractivity contribution is 0.102. The van der Waals surface area contributed by atoms with Crippen LogP contribution in [0.2, 0.25) is 10.0 Å². The summed E-state index contributed by atoms with van der Waals surface area (Å²) in [6.45, 7) is 3.71. The number of anilines is 2. The Balaban J connectivity index is 1.90. The summed E-state index contributed by atoms with van der Waals surface area (Å²) in [5, 5.41) is 3.26. The molecule has 0 unspecified atom stereocenters. The predicted molar refractivity (Wildman–Crippen MR) is 118 cm³/mol. The van der Waals surface area contributed by atoms with Gasteiger partial charge < -0.3 is 5.32 Å². The van der Waals surface area contributed by atoms with Crippen molar-refractivity contribution in [1.29, 1.82) is 0 Å². The lowest BCUT2D eigenvalue weighted by Crippen LogP contribution is -2.17. The minimum absolute atomic E-state index is 0.0193. The average Bonchev–Trinajstić information content (AvgIpc) is 2.67. The topological polar surface area (TPSA) is 75.3 Å². The predicted octanol–water partition coefficient (Wildman–Crippen LogP) is 5.66. The molecule has 0 radical (unpaired) electrons. The van der Waals surface area contributed by atoms with Crippen LogP contribution in [0, 0.1) is 13.8 Å². The van der Waals surface area contributed by atoms with Gasteiger partial charge in [0, 0.05) is 16.3 Å². The molecular formula is C21H18Cl2N2O3S. The Bertz CT molecular complexity index is 1180. The third-order valence-electron chi connectivity index (χ3n) is 4.43. The van der Waals surface area contributed by atoms with Gasteiger partial charge in [0.25, 0.3) is 15.9 Å². The third kappa shape index (κ3) is 4.90. The first-order valence-electron chi connectivity index (χ1n) is 8.63. The van der Waals surface area contributed by atoms with E-state index in [9.17, 15) is 13.2 Å². The molecule has 8 heteroatoms. The number of rotatable bonds is 5. The molecule has 3 aromatic rings. The zero-order valence-corrected chi connectivity index (χ0v) is 18.0. The Hall–Kier alpha value is -2.54. The van der Waals surface area contributed by atoms with Gasteiger partial charge >= 0.3 is 0 Å². The van der Waals surface area contributed by atoms with Gasteiger partial charge in [0.15, 0.2) is 0 Å². The van der Waals surface area contributed by atoms with E-state index in [0.717, 1.165) is 11.1 Å². The molecule has 3 rings (SSSR count). The van der Waals surface area contributed by atoms with Crippen LogP contribution in [-0.4, -0.2) is 14.3 Å². The maximum Gasteiger partial charge on any atom is 0.263 e. The van der Waals surface area contributed by atoms with Gasteiger partial charge in [-0.15, -0.1) is 0 Å². The molecule has 3 aromatic carbocycles. The number of aryl methyl sites for hydroxylation is 1. The van der Waals surface area contributed by atoms with Crippen molar-refractivity contribution in [2.24, 2.45) is 0 Å². The first-order valence-corrected chi connectivity index (χ1v) is 10.9. The van der Waals surface area contributed by atoms with Crippen LogP contribution in [0.4, 0.5) is 11.4 Å². The van der Waals surface area contributed by atoms with Gasteiger partial charge in [-0.3, -0.25) is 9.52 Å². The number of nitrogens with one attached hydrogen (secondary N) is 2. The number of carbonyl (C=O) groups is 1. The normalized spacial score (nSPS) is 11.2. The van der Waals surface area contributed by atoms with Gasteiger partial charge in [-0.25, -0.2) is 8.42 Å². The molecule has 0 bridgehead atoms. The highest BCUT2D eigenvalue weighted by Crippen LogP contribution is 2.27. The second kappa shape index (κ2) is 8.45. The smallest absolute Gasteiger partial charge is 0.263 e. The van der Waals surface area contributed by atoms with Gasteiger partial charge in [0.1, 0.15) is 4.90 Å². The second-order valence-electron chi connectivity index (χ2n) is 6.46. The maximum atomic E-state index is 12.9. The fourth-order valence-corrected chi connectivity index (χ4v) is 4.42. The van der Waals surface area contributed by atoms with Gasteiger partial charge in [-0.05, 0) is 73.5 Å². The molecule has 5 nitrogen and oxygen atoms in total. The quantitative estimate of drug-likeness (QED) is 0.528. The van der Waals surface area contributed by atoms with Crippen LogP contribution in [0.15, 0.2) is 65.6 Å². The monoisotopic (exact) mass is 448 g/mol. The van der Waals surface area contributed by atoms with Crippen molar-refractivity contribution in [3.8, 4) is 0 Å². The SMILES string of the molecule is Cc1cccc(NS(=O)(=O)c2cc(C(=O)Nc3ccc(Cl)cc3)ccc2Cl)c1C. The van der Waals surface area contributed by atoms with Crippen molar-refractivity contribution in [3.05, 3.63) is 87.4 Å². The summed E-state index contributed by atoms with van der Waals surface area (Å²) in [5.41, 5.74) is 2.91. The van der Waals surface area contributed by atoms with Crippen molar-refractivity contribution in [2.75, 3.05) is 10.0 Å². The minimum atomic E-state index is -4.00. The van der Waals surface area contributed by atoms with Crippen molar-refractivity contribution in [1.82, 2.24) is 0 Å². The third-order valence-corrected chi connectivity index (χ3v) is 6.53. The largest absolute Gasteiger partial charge is 0.322 e. The first kappa shape index (κ1) is 21.2. The molecule has 150 valence electrons. The number of halogens is 2. The molecule has 0 aliphatic carbocycles. The van der Waals surface area contributed by atoms with Crippen LogP contribution in [0.1, 0.15) is 21.5 Å². The number of hydrogen-bond donors (Lipinski definition) is 2. The number of amides is 1. The highest BCUT2D eigenvalue weighted by atomic mass is 35.5. The molecule has 0 aromatic heterocycles. The fourth-order valence-electron chi connectivity index (χ4n) is 2.65. The first-order chi connectivity index (χ1) is 13.7. The van der Waals surface area contributed by atoms with Crippen molar-refractivity contribution in [2.45, 2.75) is 18.7 Å². The van der Waals surface area contributed by atoms with Gasteiger partial charge in [0.05, 0.1) is 10.7 Å². The van der Waals surface area contributed by atoms with Gasteiger partial charge in [0.2, 0.25) is 0 Å². The zero-order valence-electron chi connectivity index (χ0n) is 15.7. The van der Waals surface area contributed by atoms with Crippen LogP contribution >= 0.6 is 23.2 Å². The van der Waals surface area contributed by atoms with Gasteiger partial charge in [-0.1, -0.05) is 35.3 Å². The second-order valence-corrected chi connectivity index (χ2v) is 8.95. The number of hydrogen-bond acceptors (Lipinski definition) is 3. The molecule has 2 N–H and O–H groups in total. The van der Waals surface area contributed by atoms with E-state index in [-0.39, 0.29) is 15.5 Å². The minimum Gasteiger partial charge on any atom is -0.322 e. The molecule has 0 aliphatic rings. The highest BCUT2D eigenvalue weighted by molar-refractivity contribution is 7.92. The Kier molecular flexibility index (Phi) is 6.17. The summed E-state index contributed by atoms with van der Waals surface area (Å²) in [6, 6.07) is 16.0. The Morgan fingerprint density at radius 3 is 2.31 bits per heavy atom. The van der Waals surface area contributed by atoms with E-state index in [2.05, 4.69) is 10.0 Å². The summed E-state index contributed by atoms with van der Waals surface area (Å²) in [6.07, 6.45) is 0. The average molecular weight is 449 g/mol. The summed E-state index contributed by atoms with van der Waals surface area (Å²) < 4.78 is 28.4.